The summed E-state index contributed by atoms with van der Waals surface area (Å²) in [5, 5.41) is 0.306. The molecule has 0 amide bonds. The fraction of sp³-hybridized carbons (Fsp3) is 0.882. The molecule has 2 saturated heterocycles. The van der Waals surface area contributed by atoms with Crippen LogP contribution in [0.15, 0.2) is 12.2 Å². The minimum Gasteiger partial charge on any atom is -0.415 e. The second kappa shape index (κ2) is 4.20. The first-order valence-electron chi connectivity index (χ1n) is 8.19. The van der Waals surface area contributed by atoms with Gasteiger partial charge in [0.05, 0.1) is 6.61 Å². The maximum Gasteiger partial charge on any atom is 0.192 e. The molecule has 0 aromatic rings. The fourth-order valence-electron chi connectivity index (χ4n) is 3.90. The second-order valence-electron chi connectivity index (χ2n) is 9.01. The van der Waals surface area contributed by atoms with Crippen molar-refractivity contribution in [3.63, 3.8) is 0 Å². The van der Waals surface area contributed by atoms with Crippen LogP contribution in [-0.4, -0.2) is 37.4 Å². The highest BCUT2D eigenvalue weighted by Gasteiger charge is 2.63. The quantitative estimate of drug-likeness (QED) is 0.567. The van der Waals surface area contributed by atoms with Gasteiger partial charge in [0.15, 0.2) is 8.32 Å². The fourth-order valence-corrected chi connectivity index (χ4v) is 4.96. The maximum atomic E-state index is 6.61. The molecule has 1 unspecified atom stereocenters. The van der Waals surface area contributed by atoms with Gasteiger partial charge < -0.3 is 4.43 Å². The Morgan fingerprint density at radius 2 is 1.80 bits per heavy atom. The van der Waals surface area contributed by atoms with Crippen molar-refractivity contribution in [3.8, 4) is 0 Å². The van der Waals surface area contributed by atoms with Crippen molar-refractivity contribution in [2.75, 3.05) is 13.2 Å². The van der Waals surface area contributed by atoms with Crippen LogP contribution in [0.4, 0.5) is 0 Å². The van der Waals surface area contributed by atoms with E-state index in [1.807, 2.05) is 0 Å². The van der Waals surface area contributed by atoms with Crippen molar-refractivity contribution in [1.29, 1.82) is 0 Å². The summed E-state index contributed by atoms with van der Waals surface area (Å²) >= 11 is 0. The van der Waals surface area contributed by atoms with Gasteiger partial charge in [0.25, 0.3) is 0 Å². The molecular formula is C17H31NOSi. The lowest BCUT2D eigenvalue weighted by molar-refractivity contribution is 0.0753. The second-order valence-corrected chi connectivity index (χ2v) is 13.8. The van der Waals surface area contributed by atoms with Crippen molar-refractivity contribution in [2.24, 2.45) is 0 Å². The summed E-state index contributed by atoms with van der Waals surface area (Å²) in [7, 11) is -1.64. The molecule has 1 spiro atoms. The van der Waals surface area contributed by atoms with Gasteiger partial charge >= 0.3 is 0 Å². The summed E-state index contributed by atoms with van der Waals surface area (Å²) in [4.78, 5) is 2.79. The highest BCUT2D eigenvalue weighted by molar-refractivity contribution is 6.74. The lowest BCUT2D eigenvalue weighted by Gasteiger charge is -2.41. The van der Waals surface area contributed by atoms with Crippen molar-refractivity contribution >= 4 is 8.32 Å². The van der Waals surface area contributed by atoms with Gasteiger partial charge in [-0.1, -0.05) is 32.9 Å². The Labute approximate surface area is 125 Å². The zero-order valence-corrected chi connectivity index (χ0v) is 15.0. The van der Waals surface area contributed by atoms with E-state index >= 15 is 0 Å². The largest absolute Gasteiger partial charge is 0.415 e. The van der Waals surface area contributed by atoms with Crippen LogP contribution in [-0.2, 0) is 4.43 Å². The number of rotatable bonds is 3. The molecule has 0 aromatic heterocycles. The van der Waals surface area contributed by atoms with Crippen LogP contribution in [0.3, 0.4) is 0 Å². The first-order valence-corrected chi connectivity index (χ1v) is 11.1. The van der Waals surface area contributed by atoms with E-state index in [0.29, 0.717) is 16.1 Å². The first-order chi connectivity index (χ1) is 9.10. The third kappa shape index (κ3) is 2.13. The Kier molecular flexibility index (Phi) is 3.11. The van der Waals surface area contributed by atoms with E-state index in [9.17, 15) is 0 Å². The Hall–Kier alpha value is -0.123. The SMILES string of the molecule is C=C1CN2C3(CC3)CCC2(CO[Si](C)(C)C(C)(C)C)C1. The molecule has 2 aliphatic heterocycles. The molecule has 1 aliphatic carbocycles. The summed E-state index contributed by atoms with van der Waals surface area (Å²) in [5.41, 5.74) is 2.27. The van der Waals surface area contributed by atoms with Crippen molar-refractivity contribution in [3.05, 3.63) is 12.2 Å². The highest BCUT2D eigenvalue weighted by atomic mass is 28.4. The normalized spacial score (nSPS) is 33.0. The lowest BCUT2D eigenvalue weighted by atomic mass is 9.94. The predicted molar refractivity (Wildman–Crippen MR) is 87.5 cm³/mol. The van der Waals surface area contributed by atoms with Crippen LogP contribution in [0.25, 0.3) is 0 Å². The van der Waals surface area contributed by atoms with E-state index in [4.69, 9.17) is 4.43 Å². The molecule has 2 nitrogen and oxygen atoms in total. The summed E-state index contributed by atoms with van der Waals surface area (Å²) in [6, 6.07) is 0. The molecule has 0 bridgehead atoms. The molecule has 0 radical (unpaired) electrons. The average molecular weight is 294 g/mol. The van der Waals surface area contributed by atoms with Crippen LogP contribution < -0.4 is 0 Å². The molecule has 20 heavy (non-hydrogen) atoms. The van der Waals surface area contributed by atoms with Crippen LogP contribution in [0.2, 0.25) is 18.1 Å². The Morgan fingerprint density at radius 3 is 2.35 bits per heavy atom. The number of nitrogens with zero attached hydrogens (tertiary/aromatic N) is 1. The summed E-state index contributed by atoms with van der Waals surface area (Å²) < 4.78 is 6.61. The molecule has 0 N–H and O–H groups in total. The molecule has 3 aliphatic rings. The van der Waals surface area contributed by atoms with Crippen LogP contribution in [0, 0.1) is 0 Å². The van der Waals surface area contributed by atoms with Gasteiger partial charge in [-0.3, -0.25) is 4.90 Å². The van der Waals surface area contributed by atoms with E-state index in [0.717, 1.165) is 13.2 Å². The number of hydrogen-bond donors (Lipinski definition) is 0. The Balaban J connectivity index is 1.75. The minimum atomic E-state index is -1.64. The standard InChI is InChI=1S/C17H31NOSi/c1-14-11-17(13-19-20(5,6)15(2,3)4)10-9-16(7-8-16)18(17)12-14/h1,7-13H2,2-6H3. The smallest absolute Gasteiger partial charge is 0.192 e. The van der Waals surface area contributed by atoms with E-state index in [1.54, 1.807) is 0 Å². The van der Waals surface area contributed by atoms with Crippen molar-refractivity contribution < 1.29 is 4.43 Å². The van der Waals surface area contributed by atoms with Gasteiger partial charge in [-0.2, -0.15) is 0 Å². The number of hydrogen-bond acceptors (Lipinski definition) is 2. The van der Waals surface area contributed by atoms with Crippen LogP contribution >= 0.6 is 0 Å². The van der Waals surface area contributed by atoms with Crippen LogP contribution in [0.1, 0.15) is 52.9 Å². The molecule has 1 atom stereocenters. The zero-order chi connectivity index (χ0) is 14.8. The van der Waals surface area contributed by atoms with Gasteiger partial charge in [0.1, 0.15) is 0 Å². The van der Waals surface area contributed by atoms with E-state index in [1.165, 1.54) is 37.7 Å². The van der Waals surface area contributed by atoms with E-state index in [-0.39, 0.29) is 0 Å². The topological polar surface area (TPSA) is 12.5 Å². The molecule has 3 heteroatoms. The van der Waals surface area contributed by atoms with Crippen molar-refractivity contribution in [2.45, 2.75) is 82.1 Å². The average Bonchev–Trinajstić information content (AvgIpc) is 2.95. The maximum absolute atomic E-state index is 6.61. The van der Waals surface area contributed by atoms with Gasteiger partial charge in [-0.15, -0.1) is 0 Å². The van der Waals surface area contributed by atoms with Crippen LogP contribution in [0.5, 0.6) is 0 Å². The summed E-state index contributed by atoms with van der Waals surface area (Å²) in [5.74, 6) is 0. The van der Waals surface area contributed by atoms with Gasteiger partial charge in [-0.25, -0.2) is 0 Å². The van der Waals surface area contributed by atoms with Crippen molar-refractivity contribution in [1.82, 2.24) is 4.90 Å². The Bertz CT molecular complexity index is 433. The van der Waals surface area contributed by atoms with Gasteiger partial charge in [-0.05, 0) is 50.2 Å². The molecular weight excluding hydrogens is 262 g/mol. The zero-order valence-electron chi connectivity index (χ0n) is 14.0. The molecule has 0 aromatic carbocycles. The molecule has 114 valence electrons. The predicted octanol–water partition coefficient (Wildman–Crippen LogP) is 4.34. The van der Waals surface area contributed by atoms with E-state index < -0.39 is 8.32 Å². The molecule has 2 heterocycles. The third-order valence-corrected chi connectivity index (χ3v) is 11.0. The molecule has 3 fully saturated rings. The number of fused-ring (bicyclic) bond motifs is 2. The minimum absolute atomic E-state index is 0.295. The molecule has 1 saturated carbocycles. The third-order valence-electron chi connectivity index (χ3n) is 6.50. The highest BCUT2D eigenvalue weighted by Crippen LogP contribution is 2.59. The van der Waals surface area contributed by atoms with E-state index in [2.05, 4.69) is 45.3 Å². The Morgan fingerprint density at radius 1 is 1.20 bits per heavy atom. The summed E-state index contributed by atoms with van der Waals surface area (Å²) in [6.45, 7) is 18.1. The monoisotopic (exact) mass is 293 g/mol. The first kappa shape index (κ1) is 14.8. The summed E-state index contributed by atoms with van der Waals surface area (Å²) in [6.07, 6.45) is 6.69. The molecule has 3 rings (SSSR count). The van der Waals surface area contributed by atoms with Gasteiger partial charge in [0, 0.05) is 17.6 Å². The van der Waals surface area contributed by atoms with Gasteiger partial charge in [0.2, 0.25) is 0 Å². The lowest BCUT2D eigenvalue weighted by Crippen LogP contribution is -2.51.